The van der Waals surface area contributed by atoms with Crippen LogP contribution in [-0.4, -0.2) is 33.6 Å². The molecule has 36 heavy (non-hydrogen) atoms. The molecule has 0 bridgehead atoms. The van der Waals surface area contributed by atoms with Gasteiger partial charge in [0.05, 0.1) is 30.1 Å². The normalized spacial score (nSPS) is 11.8. The highest BCUT2D eigenvalue weighted by molar-refractivity contribution is 6.40. The number of rotatable bonds is 6. The van der Waals surface area contributed by atoms with E-state index in [0.29, 0.717) is 46.8 Å². The van der Waals surface area contributed by atoms with Gasteiger partial charge >= 0.3 is 0 Å². The molecule has 0 radical (unpaired) electrons. The molecule has 0 aliphatic carbocycles. The van der Waals surface area contributed by atoms with E-state index >= 15 is 0 Å². The summed E-state index contributed by atoms with van der Waals surface area (Å²) in [7, 11) is 0. The van der Waals surface area contributed by atoms with Crippen molar-refractivity contribution in [1.29, 1.82) is 0 Å². The molecule has 0 aliphatic heterocycles. The summed E-state index contributed by atoms with van der Waals surface area (Å²) in [6.45, 7) is 0. The van der Waals surface area contributed by atoms with E-state index in [9.17, 15) is 0 Å². The van der Waals surface area contributed by atoms with Gasteiger partial charge in [0.1, 0.15) is 0 Å². The van der Waals surface area contributed by atoms with E-state index in [1.165, 1.54) is 18.6 Å². The number of halogens is 6. The Balaban J connectivity index is 1.75. The first-order valence-electron chi connectivity index (χ1n) is 10.0. The van der Waals surface area contributed by atoms with Gasteiger partial charge < -0.3 is 0 Å². The fourth-order valence-corrected chi connectivity index (χ4v) is 4.27. The lowest BCUT2D eigenvalue weighted by Crippen LogP contribution is -1.92. The van der Waals surface area contributed by atoms with E-state index < -0.39 is 0 Å². The molecular formula is C24H12Cl6N6. The maximum absolute atomic E-state index is 6.23. The van der Waals surface area contributed by atoms with Crippen molar-refractivity contribution in [2.75, 3.05) is 0 Å². The van der Waals surface area contributed by atoms with E-state index in [2.05, 4.69) is 29.9 Å². The van der Waals surface area contributed by atoms with Crippen LogP contribution in [0.25, 0.3) is 0 Å². The molecule has 1 aromatic heterocycles. The van der Waals surface area contributed by atoms with Crippen LogP contribution in [0, 0.1) is 0 Å². The van der Waals surface area contributed by atoms with Crippen LogP contribution in [0.2, 0.25) is 30.1 Å². The van der Waals surface area contributed by atoms with Crippen LogP contribution in [0.3, 0.4) is 0 Å². The Morgan fingerprint density at radius 3 is 0.861 bits per heavy atom. The summed E-state index contributed by atoms with van der Waals surface area (Å²) in [6, 6.07) is 15.3. The van der Waals surface area contributed by atoms with Crippen molar-refractivity contribution in [2.45, 2.75) is 0 Å². The van der Waals surface area contributed by atoms with Crippen molar-refractivity contribution in [3.63, 3.8) is 0 Å². The minimum Gasteiger partial charge on any atom is -0.219 e. The number of nitrogens with zero attached hydrogens (tertiary/aromatic N) is 6. The van der Waals surface area contributed by atoms with Crippen LogP contribution in [0.1, 0.15) is 16.7 Å². The number of hydrogen-bond acceptors (Lipinski definition) is 6. The Hall–Kier alpha value is -2.58. The zero-order valence-corrected chi connectivity index (χ0v) is 22.4. The Kier molecular flexibility index (Phi) is 8.90. The third-order valence-corrected chi connectivity index (χ3v) is 6.50. The predicted molar refractivity (Wildman–Crippen MR) is 151 cm³/mol. The molecule has 4 rings (SSSR count). The second-order valence-corrected chi connectivity index (χ2v) is 9.36. The zero-order valence-electron chi connectivity index (χ0n) is 17.9. The lowest BCUT2D eigenvalue weighted by Gasteiger charge is -2.03. The lowest BCUT2D eigenvalue weighted by atomic mass is 10.2. The summed E-state index contributed by atoms with van der Waals surface area (Å²) < 4.78 is 0. The molecule has 0 unspecified atom stereocenters. The van der Waals surface area contributed by atoms with Crippen molar-refractivity contribution in [3.8, 4) is 0 Å². The average Bonchev–Trinajstić information content (AvgIpc) is 2.83. The van der Waals surface area contributed by atoms with Gasteiger partial charge in [-0.05, 0) is 36.4 Å². The van der Waals surface area contributed by atoms with Gasteiger partial charge in [-0.2, -0.15) is 15.0 Å². The lowest BCUT2D eigenvalue weighted by molar-refractivity contribution is 1.02. The van der Waals surface area contributed by atoms with Crippen LogP contribution < -0.4 is 0 Å². The maximum atomic E-state index is 6.23. The minimum atomic E-state index is 0.01000. The van der Waals surface area contributed by atoms with E-state index in [-0.39, 0.29) is 17.8 Å². The largest absolute Gasteiger partial charge is 0.256 e. The van der Waals surface area contributed by atoms with Crippen molar-refractivity contribution in [1.82, 2.24) is 15.0 Å². The average molecular weight is 597 g/mol. The molecule has 0 spiro atoms. The van der Waals surface area contributed by atoms with Crippen molar-refractivity contribution in [3.05, 3.63) is 101 Å². The first kappa shape index (κ1) is 26.5. The van der Waals surface area contributed by atoms with Crippen LogP contribution >= 0.6 is 69.6 Å². The predicted octanol–water partition coefficient (Wildman–Crippen LogP) is 9.04. The van der Waals surface area contributed by atoms with Gasteiger partial charge in [0.2, 0.25) is 0 Å². The molecule has 12 heteroatoms. The molecule has 0 saturated carbocycles. The second kappa shape index (κ2) is 12.1. The highest BCUT2D eigenvalue weighted by Gasteiger charge is 2.09. The first-order valence-corrected chi connectivity index (χ1v) is 12.3. The number of aliphatic imine (C=N–C) groups is 3. The van der Waals surface area contributed by atoms with Crippen LogP contribution in [0.15, 0.2) is 69.6 Å². The standard InChI is InChI=1S/C24H12Cl6N6/c25-16-4-1-5-17(26)13(16)10-31-22-34-23(32-11-14-18(27)6-2-7-19(14)28)36-24(35-22)33-12-15-20(29)8-3-9-21(15)30/h1-12H/b31-10+,32-11+,33-12+. The monoisotopic (exact) mass is 594 g/mol. The van der Waals surface area contributed by atoms with Crippen LogP contribution in [0.4, 0.5) is 17.8 Å². The SMILES string of the molecule is Clc1cccc(Cl)c1/C=N/c1nc(/N=C/c2c(Cl)cccc2Cl)nc(/N=C/c2c(Cl)cccc2Cl)n1. The van der Waals surface area contributed by atoms with Crippen molar-refractivity contribution in [2.24, 2.45) is 15.0 Å². The van der Waals surface area contributed by atoms with Gasteiger partial charge in [-0.1, -0.05) is 87.8 Å². The summed E-state index contributed by atoms with van der Waals surface area (Å²) in [6.07, 6.45) is 4.32. The van der Waals surface area contributed by atoms with Gasteiger partial charge in [0, 0.05) is 35.3 Å². The van der Waals surface area contributed by atoms with Gasteiger partial charge in [-0.15, -0.1) is 0 Å². The molecule has 6 nitrogen and oxygen atoms in total. The van der Waals surface area contributed by atoms with E-state index in [1.807, 2.05) is 0 Å². The number of hydrogen-bond donors (Lipinski definition) is 0. The van der Waals surface area contributed by atoms with Gasteiger partial charge in [0.15, 0.2) is 0 Å². The molecule has 0 atom stereocenters. The van der Waals surface area contributed by atoms with Crippen LogP contribution in [-0.2, 0) is 0 Å². The molecule has 1 heterocycles. The molecule has 4 aromatic rings. The Morgan fingerprint density at radius 2 is 0.639 bits per heavy atom. The third-order valence-electron chi connectivity index (χ3n) is 4.53. The fraction of sp³-hybridized carbons (Fsp3) is 0. The maximum Gasteiger partial charge on any atom is 0.256 e. The molecular weight excluding hydrogens is 585 g/mol. The third kappa shape index (κ3) is 6.59. The molecule has 3 aromatic carbocycles. The molecule has 0 aliphatic rings. The van der Waals surface area contributed by atoms with Crippen LogP contribution in [0.5, 0.6) is 0 Å². The highest BCUT2D eigenvalue weighted by atomic mass is 35.5. The second-order valence-electron chi connectivity index (χ2n) is 6.92. The quantitative estimate of drug-likeness (QED) is 0.208. The number of benzene rings is 3. The molecule has 0 saturated heterocycles. The van der Waals surface area contributed by atoms with Crippen molar-refractivity contribution < 1.29 is 0 Å². The van der Waals surface area contributed by atoms with Gasteiger partial charge in [-0.25, -0.2) is 15.0 Å². The zero-order chi connectivity index (χ0) is 25.7. The molecule has 0 fully saturated rings. The molecule has 0 amide bonds. The van der Waals surface area contributed by atoms with Gasteiger partial charge in [0.25, 0.3) is 17.8 Å². The molecule has 180 valence electrons. The van der Waals surface area contributed by atoms with Crippen molar-refractivity contribution >= 4 is 106 Å². The summed E-state index contributed by atoms with van der Waals surface area (Å²) in [5.74, 6) is 0.0300. The highest BCUT2D eigenvalue weighted by Crippen LogP contribution is 2.26. The number of aromatic nitrogens is 3. The van der Waals surface area contributed by atoms with E-state index in [1.54, 1.807) is 54.6 Å². The fourth-order valence-electron chi connectivity index (χ4n) is 2.79. The summed E-state index contributed by atoms with van der Waals surface area (Å²) in [4.78, 5) is 25.6. The Labute approximate surface area is 236 Å². The Bertz CT molecular complexity index is 1270. The summed E-state index contributed by atoms with van der Waals surface area (Å²) in [5.41, 5.74) is 1.51. The van der Waals surface area contributed by atoms with E-state index in [0.717, 1.165) is 0 Å². The first-order chi connectivity index (χ1) is 17.3. The summed E-state index contributed by atoms with van der Waals surface area (Å²) in [5, 5.41) is 2.49. The summed E-state index contributed by atoms with van der Waals surface area (Å²) >= 11 is 37.4. The topological polar surface area (TPSA) is 75.8 Å². The Morgan fingerprint density at radius 1 is 0.417 bits per heavy atom. The minimum absolute atomic E-state index is 0.01000. The van der Waals surface area contributed by atoms with Gasteiger partial charge in [-0.3, -0.25) is 0 Å². The molecule has 0 N–H and O–H groups in total. The smallest absolute Gasteiger partial charge is 0.219 e. The van der Waals surface area contributed by atoms with E-state index in [4.69, 9.17) is 69.6 Å².